The molecule has 0 aliphatic carbocycles. The molecule has 2 aromatic rings. The van der Waals surface area contributed by atoms with Crippen molar-refractivity contribution in [2.45, 2.75) is 6.42 Å². The van der Waals surface area contributed by atoms with E-state index in [1.807, 2.05) is 0 Å². The molecule has 1 heterocycles. The fraction of sp³-hybridized carbons (Fsp3) is 0.176. The molecule has 124 valence electrons. The molecule has 7 heteroatoms. The predicted octanol–water partition coefficient (Wildman–Crippen LogP) is 4.64. The highest BCUT2D eigenvalue weighted by molar-refractivity contribution is 6.42. The first-order chi connectivity index (χ1) is 11.4. The highest BCUT2D eigenvalue weighted by Gasteiger charge is 2.35. The van der Waals surface area contributed by atoms with Crippen LogP contribution in [0.1, 0.15) is 6.42 Å². The van der Waals surface area contributed by atoms with E-state index in [0.717, 1.165) is 5.69 Å². The van der Waals surface area contributed by atoms with Gasteiger partial charge in [0.25, 0.3) is 0 Å². The van der Waals surface area contributed by atoms with E-state index in [9.17, 15) is 9.59 Å². The molecule has 3 rings (SSSR count). The summed E-state index contributed by atoms with van der Waals surface area (Å²) in [5.41, 5.74) is 1.28. The number of anilines is 2. The van der Waals surface area contributed by atoms with E-state index in [-0.39, 0.29) is 18.2 Å². The maximum Gasteiger partial charge on any atom is 0.229 e. The maximum absolute atomic E-state index is 12.4. The second-order valence-corrected chi connectivity index (χ2v) is 6.75. The third-order valence-corrected chi connectivity index (χ3v) is 4.81. The molecule has 0 saturated carbocycles. The Labute approximate surface area is 154 Å². The Bertz CT molecular complexity index is 793. The Hall–Kier alpha value is -1.75. The zero-order valence-electron chi connectivity index (χ0n) is 12.4. The molecule has 1 atom stereocenters. The van der Waals surface area contributed by atoms with Crippen molar-refractivity contribution in [1.82, 2.24) is 0 Å². The lowest BCUT2D eigenvalue weighted by molar-refractivity contribution is -0.122. The third-order valence-electron chi connectivity index (χ3n) is 3.82. The summed E-state index contributed by atoms with van der Waals surface area (Å²) in [7, 11) is 0. The van der Waals surface area contributed by atoms with Gasteiger partial charge in [0.15, 0.2) is 0 Å². The van der Waals surface area contributed by atoms with Gasteiger partial charge < -0.3 is 10.2 Å². The highest BCUT2D eigenvalue weighted by Crippen LogP contribution is 2.28. The molecule has 1 aliphatic rings. The van der Waals surface area contributed by atoms with Gasteiger partial charge in [0.1, 0.15) is 0 Å². The van der Waals surface area contributed by atoms with Crippen LogP contribution in [0.2, 0.25) is 15.1 Å². The normalized spacial score (nSPS) is 17.2. The summed E-state index contributed by atoms with van der Waals surface area (Å²) in [4.78, 5) is 26.2. The molecule has 0 aromatic heterocycles. The fourth-order valence-corrected chi connectivity index (χ4v) is 3.00. The molecule has 0 radical (unpaired) electrons. The van der Waals surface area contributed by atoms with Crippen LogP contribution in [0.25, 0.3) is 0 Å². The van der Waals surface area contributed by atoms with E-state index in [4.69, 9.17) is 34.8 Å². The lowest BCUT2D eigenvalue weighted by Gasteiger charge is -2.16. The summed E-state index contributed by atoms with van der Waals surface area (Å²) in [6, 6.07) is 11.8. The van der Waals surface area contributed by atoms with Crippen molar-refractivity contribution in [2.75, 3.05) is 16.8 Å². The smallest absolute Gasteiger partial charge is 0.229 e. The molecule has 1 fully saturated rings. The van der Waals surface area contributed by atoms with Crippen molar-refractivity contribution in [1.29, 1.82) is 0 Å². The molecule has 1 N–H and O–H groups in total. The van der Waals surface area contributed by atoms with E-state index < -0.39 is 5.92 Å². The average molecular weight is 384 g/mol. The van der Waals surface area contributed by atoms with Crippen LogP contribution in [-0.4, -0.2) is 18.4 Å². The van der Waals surface area contributed by atoms with Crippen LogP contribution in [0, 0.1) is 5.92 Å². The lowest BCUT2D eigenvalue weighted by atomic mass is 10.1. The maximum atomic E-state index is 12.4. The van der Waals surface area contributed by atoms with Gasteiger partial charge in [-0.25, -0.2) is 0 Å². The SMILES string of the molecule is O=C(Nc1ccc(Cl)c(Cl)c1)C1CC(=O)N(c2ccc(Cl)cc2)C1. The molecular weight excluding hydrogens is 371 g/mol. The number of rotatable bonds is 3. The number of hydrogen-bond acceptors (Lipinski definition) is 2. The number of nitrogens with one attached hydrogen (secondary N) is 1. The van der Waals surface area contributed by atoms with Crippen LogP contribution in [-0.2, 0) is 9.59 Å². The fourth-order valence-electron chi connectivity index (χ4n) is 2.57. The van der Waals surface area contributed by atoms with Crippen LogP contribution < -0.4 is 10.2 Å². The van der Waals surface area contributed by atoms with Gasteiger partial charge >= 0.3 is 0 Å². The van der Waals surface area contributed by atoms with E-state index in [1.54, 1.807) is 47.4 Å². The average Bonchev–Trinajstić information content (AvgIpc) is 2.94. The minimum atomic E-state index is -0.428. The summed E-state index contributed by atoms with van der Waals surface area (Å²) in [6.07, 6.45) is 0.162. The van der Waals surface area contributed by atoms with Crippen LogP contribution in [0.15, 0.2) is 42.5 Å². The number of nitrogens with zero attached hydrogens (tertiary/aromatic N) is 1. The number of amides is 2. The van der Waals surface area contributed by atoms with Gasteiger partial charge in [-0.2, -0.15) is 0 Å². The summed E-state index contributed by atoms with van der Waals surface area (Å²) < 4.78 is 0. The molecule has 2 aromatic carbocycles. The van der Waals surface area contributed by atoms with Crippen LogP contribution in [0.4, 0.5) is 11.4 Å². The van der Waals surface area contributed by atoms with Gasteiger partial charge in [0.2, 0.25) is 11.8 Å². The van der Waals surface area contributed by atoms with Gasteiger partial charge in [-0.15, -0.1) is 0 Å². The number of carbonyl (C=O) groups excluding carboxylic acids is 2. The van der Waals surface area contributed by atoms with Crippen molar-refractivity contribution in [3.05, 3.63) is 57.5 Å². The zero-order chi connectivity index (χ0) is 17.3. The topological polar surface area (TPSA) is 49.4 Å². The van der Waals surface area contributed by atoms with Gasteiger partial charge in [0, 0.05) is 29.4 Å². The first kappa shape index (κ1) is 17.1. The number of benzene rings is 2. The predicted molar refractivity (Wildman–Crippen MR) is 97.0 cm³/mol. The summed E-state index contributed by atoms with van der Waals surface area (Å²) in [5, 5.41) is 4.15. The Morgan fingerprint density at radius 1 is 1.04 bits per heavy atom. The molecule has 4 nitrogen and oxygen atoms in total. The van der Waals surface area contributed by atoms with E-state index in [2.05, 4.69) is 5.32 Å². The van der Waals surface area contributed by atoms with Crippen molar-refractivity contribution in [3.8, 4) is 0 Å². The molecule has 0 spiro atoms. The van der Waals surface area contributed by atoms with Gasteiger partial charge in [-0.3, -0.25) is 9.59 Å². The van der Waals surface area contributed by atoms with Gasteiger partial charge in [0.05, 0.1) is 16.0 Å². The Morgan fingerprint density at radius 2 is 1.75 bits per heavy atom. The van der Waals surface area contributed by atoms with Crippen molar-refractivity contribution in [2.24, 2.45) is 5.92 Å². The van der Waals surface area contributed by atoms with Gasteiger partial charge in [-0.1, -0.05) is 34.8 Å². The summed E-state index contributed by atoms with van der Waals surface area (Å²) >= 11 is 17.7. The zero-order valence-corrected chi connectivity index (χ0v) is 14.7. The number of carbonyl (C=O) groups is 2. The van der Waals surface area contributed by atoms with Crippen molar-refractivity contribution in [3.63, 3.8) is 0 Å². The number of hydrogen-bond donors (Lipinski definition) is 1. The second kappa shape index (κ2) is 7.01. The standard InChI is InChI=1S/C17H13Cl3N2O2/c18-11-1-4-13(5-2-11)22-9-10(7-16(22)23)17(24)21-12-3-6-14(19)15(20)8-12/h1-6,8,10H,7,9H2,(H,21,24). The van der Waals surface area contributed by atoms with Gasteiger partial charge in [-0.05, 0) is 42.5 Å². The highest BCUT2D eigenvalue weighted by atomic mass is 35.5. The molecule has 0 bridgehead atoms. The number of halogens is 3. The Balaban J connectivity index is 1.69. The molecule has 1 saturated heterocycles. The quantitative estimate of drug-likeness (QED) is 0.839. The van der Waals surface area contributed by atoms with Crippen LogP contribution in [0.3, 0.4) is 0 Å². The van der Waals surface area contributed by atoms with Crippen molar-refractivity contribution >= 4 is 58.0 Å². The van der Waals surface area contributed by atoms with E-state index in [1.165, 1.54) is 0 Å². The molecule has 1 unspecified atom stereocenters. The summed E-state index contributed by atoms with van der Waals surface area (Å²) in [6.45, 7) is 0.327. The molecule has 1 aliphatic heterocycles. The van der Waals surface area contributed by atoms with Crippen LogP contribution in [0.5, 0.6) is 0 Å². The minimum Gasteiger partial charge on any atom is -0.326 e. The second-order valence-electron chi connectivity index (χ2n) is 5.50. The molecule has 2 amide bonds. The molecule has 24 heavy (non-hydrogen) atoms. The van der Waals surface area contributed by atoms with Crippen molar-refractivity contribution < 1.29 is 9.59 Å². The van der Waals surface area contributed by atoms with E-state index in [0.29, 0.717) is 27.3 Å². The largest absolute Gasteiger partial charge is 0.326 e. The lowest BCUT2D eigenvalue weighted by Crippen LogP contribution is -2.28. The Kier molecular flexibility index (Phi) is 4.99. The monoisotopic (exact) mass is 382 g/mol. The first-order valence-corrected chi connectivity index (χ1v) is 8.39. The van der Waals surface area contributed by atoms with Crippen LogP contribution >= 0.6 is 34.8 Å². The van der Waals surface area contributed by atoms with E-state index >= 15 is 0 Å². The summed E-state index contributed by atoms with van der Waals surface area (Å²) in [5.74, 6) is -0.743. The minimum absolute atomic E-state index is 0.0911. The molecular formula is C17H13Cl3N2O2. The Morgan fingerprint density at radius 3 is 2.42 bits per heavy atom. The first-order valence-electron chi connectivity index (χ1n) is 7.26. The third kappa shape index (κ3) is 3.66.